The zero-order valence-corrected chi connectivity index (χ0v) is 15.4. The highest BCUT2D eigenvalue weighted by molar-refractivity contribution is 8.26. The lowest BCUT2D eigenvalue weighted by Crippen LogP contribution is -2.30. The molecule has 0 radical (unpaired) electrons. The van der Waals surface area contributed by atoms with Crippen molar-refractivity contribution in [2.24, 2.45) is 0 Å². The fourth-order valence-corrected chi connectivity index (χ4v) is 4.16. The van der Waals surface area contributed by atoms with Gasteiger partial charge < -0.3 is 9.67 Å². The smallest absolute Gasteiger partial charge is 0.305 e. The van der Waals surface area contributed by atoms with Gasteiger partial charge in [-0.25, -0.2) is 0 Å². The Labute approximate surface area is 155 Å². The summed E-state index contributed by atoms with van der Waals surface area (Å²) in [6.07, 6.45) is 4.82. The van der Waals surface area contributed by atoms with Crippen LogP contribution in [0.25, 0.3) is 17.0 Å². The van der Waals surface area contributed by atoms with Crippen molar-refractivity contribution in [2.45, 2.75) is 26.3 Å². The van der Waals surface area contributed by atoms with Crippen molar-refractivity contribution in [1.82, 2.24) is 9.47 Å². The molecule has 1 saturated heterocycles. The van der Waals surface area contributed by atoms with Crippen LogP contribution in [0.3, 0.4) is 0 Å². The highest BCUT2D eigenvalue weighted by atomic mass is 32.2. The van der Waals surface area contributed by atoms with Crippen LogP contribution < -0.4 is 0 Å². The Morgan fingerprint density at radius 2 is 2.08 bits per heavy atom. The van der Waals surface area contributed by atoms with Gasteiger partial charge in [-0.3, -0.25) is 14.5 Å². The molecule has 0 aliphatic carbocycles. The number of aromatic nitrogens is 1. The van der Waals surface area contributed by atoms with Gasteiger partial charge in [0.1, 0.15) is 4.32 Å². The summed E-state index contributed by atoms with van der Waals surface area (Å²) in [6.45, 7) is 3.14. The molecule has 3 rings (SSSR count). The Morgan fingerprint density at radius 1 is 1.32 bits per heavy atom. The number of para-hydroxylation sites is 1. The number of aryl methyl sites for hydroxylation is 1. The molecule has 1 amide bonds. The number of aliphatic carboxylic acids is 1. The second-order valence-electron chi connectivity index (χ2n) is 5.77. The van der Waals surface area contributed by atoms with Gasteiger partial charge in [0.05, 0.1) is 11.3 Å². The van der Waals surface area contributed by atoms with E-state index in [-0.39, 0.29) is 18.9 Å². The van der Waals surface area contributed by atoms with E-state index < -0.39 is 5.97 Å². The van der Waals surface area contributed by atoms with E-state index in [9.17, 15) is 9.59 Å². The van der Waals surface area contributed by atoms with E-state index in [4.69, 9.17) is 17.3 Å². The van der Waals surface area contributed by atoms with Crippen LogP contribution in [0.1, 0.15) is 25.3 Å². The highest BCUT2D eigenvalue weighted by Gasteiger charge is 2.32. The number of hydrogen-bond donors (Lipinski definition) is 1. The maximum atomic E-state index is 12.6. The van der Waals surface area contributed by atoms with Crippen molar-refractivity contribution in [3.05, 3.63) is 40.9 Å². The van der Waals surface area contributed by atoms with E-state index in [1.807, 2.05) is 24.3 Å². The number of thiocarbonyl (C=S) groups is 1. The third-order valence-electron chi connectivity index (χ3n) is 3.99. The molecule has 0 saturated carbocycles. The average molecular weight is 374 g/mol. The fraction of sp³-hybridized carbons (Fsp3) is 0.278. The summed E-state index contributed by atoms with van der Waals surface area (Å²) in [4.78, 5) is 25.2. The van der Waals surface area contributed by atoms with Crippen LogP contribution in [-0.2, 0) is 16.1 Å². The Kier molecular flexibility index (Phi) is 5.24. The first-order valence-electron chi connectivity index (χ1n) is 8.06. The monoisotopic (exact) mass is 374 g/mol. The third kappa shape index (κ3) is 3.62. The van der Waals surface area contributed by atoms with Gasteiger partial charge in [0.15, 0.2) is 0 Å². The number of rotatable bonds is 6. The molecule has 1 aromatic carbocycles. The van der Waals surface area contributed by atoms with E-state index in [1.54, 1.807) is 0 Å². The number of carbonyl (C=O) groups excluding carboxylic acids is 1. The van der Waals surface area contributed by atoms with Gasteiger partial charge in [0.2, 0.25) is 0 Å². The molecule has 2 aromatic rings. The van der Waals surface area contributed by atoms with Crippen molar-refractivity contribution in [3.63, 3.8) is 0 Å². The van der Waals surface area contributed by atoms with Crippen molar-refractivity contribution in [2.75, 3.05) is 6.54 Å². The summed E-state index contributed by atoms with van der Waals surface area (Å²) < 4.78 is 2.60. The topological polar surface area (TPSA) is 62.5 Å². The van der Waals surface area contributed by atoms with Gasteiger partial charge in [-0.2, -0.15) is 0 Å². The molecule has 130 valence electrons. The second-order valence-corrected chi connectivity index (χ2v) is 7.45. The molecule has 1 aliphatic heterocycles. The summed E-state index contributed by atoms with van der Waals surface area (Å²) in [5, 5.41) is 9.90. The number of hydrogen-bond acceptors (Lipinski definition) is 4. The van der Waals surface area contributed by atoms with E-state index in [2.05, 4.69) is 23.8 Å². The van der Waals surface area contributed by atoms with E-state index >= 15 is 0 Å². The standard InChI is InChI=1S/C18H18N2O3S2/c1-2-8-19-11-12(13-5-3-4-6-14(13)19)10-15-17(23)20(18(24)25-15)9-7-16(21)22/h3-6,10-11H,2,7-9H2,1H3,(H,21,22)/b15-10+. The van der Waals surface area contributed by atoms with Crippen molar-refractivity contribution in [1.29, 1.82) is 0 Å². The van der Waals surface area contributed by atoms with Crippen LogP contribution in [0.2, 0.25) is 0 Å². The van der Waals surface area contributed by atoms with Gasteiger partial charge in [-0.05, 0) is 18.6 Å². The first kappa shape index (κ1) is 17.7. The molecule has 1 aliphatic rings. The first-order valence-corrected chi connectivity index (χ1v) is 9.28. The van der Waals surface area contributed by atoms with Gasteiger partial charge in [0.25, 0.3) is 5.91 Å². The first-order chi connectivity index (χ1) is 12.0. The number of nitrogens with zero attached hydrogens (tertiary/aromatic N) is 2. The van der Waals surface area contributed by atoms with Crippen molar-refractivity contribution in [3.8, 4) is 0 Å². The Morgan fingerprint density at radius 3 is 2.80 bits per heavy atom. The van der Waals surface area contributed by atoms with Crippen LogP contribution in [0.5, 0.6) is 0 Å². The number of fused-ring (bicyclic) bond motifs is 1. The molecule has 0 bridgehead atoms. The van der Waals surface area contributed by atoms with Crippen LogP contribution in [0.15, 0.2) is 35.4 Å². The Hall–Kier alpha value is -2.12. The SMILES string of the molecule is CCCn1cc(/C=C2/SC(=S)N(CCC(=O)O)C2=O)c2ccccc21. The van der Waals surface area contributed by atoms with Crippen LogP contribution in [-0.4, -0.2) is 37.3 Å². The normalized spacial score (nSPS) is 16.4. The maximum absolute atomic E-state index is 12.6. The van der Waals surface area contributed by atoms with Gasteiger partial charge >= 0.3 is 5.97 Å². The summed E-state index contributed by atoms with van der Waals surface area (Å²) in [7, 11) is 0. The molecule has 1 N–H and O–H groups in total. The lowest BCUT2D eigenvalue weighted by Gasteiger charge is -2.12. The Bertz CT molecular complexity index is 886. The predicted octanol–water partition coefficient (Wildman–Crippen LogP) is 3.73. The maximum Gasteiger partial charge on any atom is 0.305 e. The summed E-state index contributed by atoms with van der Waals surface area (Å²) >= 11 is 6.46. The van der Waals surface area contributed by atoms with Gasteiger partial charge in [-0.15, -0.1) is 0 Å². The van der Waals surface area contributed by atoms with Gasteiger partial charge in [0, 0.05) is 35.8 Å². The molecular weight excluding hydrogens is 356 g/mol. The molecule has 2 heterocycles. The van der Waals surface area contributed by atoms with E-state index in [0.717, 1.165) is 29.4 Å². The summed E-state index contributed by atoms with van der Waals surface area (Å²) in [5.41, 5.74) is 2.11. The van der Waals surface area contributed by atoms with Crippen LogP contribution in [0, 0.1) is 0 Å². The minimum atomic E-state index is -0.944. The molecule has 1 aromatic heterocycles. The number of carbonyl (C=O) groups is 2. The van der Waals surface area contributed by atoms with E-state index in [1.165, 1.54) is 16.7 Å². The Balaban J connectivity index is 1.93. The zero-order chi connectivity index (χ0) is 18.0. The zero-order valence-electron chi connectivity index (χ0n) is 13.8. The van der Waals surface area contributed by atoms with Crippen LogP contribution >= 0.6 is 24.0 Å². The molecule has 25 heavy (non-hydrogen) atoms. The third-order valence-corrected chi connectivity index (χ3v) is 5.37. The highest BCUT2D eigenvalue weighted by Crippen LogP contribution is 2.34. The number of carboxylic acids is 1. The molecule has 0 unspecified atom stereocenters. The summed E-state index contributed by atoms with van der Waals surface area (Å²) in [5.74, 6) is -1.16. The molecular formula is C18H18N2O3S2. The predicted molar refractivity (Wildman–Crippen MR) is 104 cm³/mol. The van der Waals surface area contributed by atoms with Crippen LogP contribution in [0.4, 0.5) is 0 Å². The second kappa shape index (κ2) is 7.41. The molecule has 5 nitrogen and oxygen atoms in total. The average Bonchev–Trinajstić information content (AvgIpc) is 3.05. The molecule has 7 heteroatoms. The lowest BCUT2D eigenvalue weighted by atomic mass is 10.1. The number of thioether (sulfide) groups is 1. The quantitative estimate of drug-likeness (QED) is 0.617. The minimum Gasteiger partial charge on any atom is -0.481 e. The molecule has 0 spiro atoms. The molecule has 0 atom stereocenters. The number of carboxylic acid groups (broad SMARTS) is 1. The van der Waals surface area contributed by atoms with Crippen molar-refractivity contribution < 1.29 is 14.7 Å². The fourth-order valence-electron chi connectivity index (χ4n) is 2.86. The van der Waals surface area contributed by atoms with Crippen molar-refractivity contribution >= 4 is 57.2 Å². The number of amides is 1. The number of benzene rings is 1. The minimum absolute atomic E-state index is 0.106. The van der Waals surface area contributed by atoms with Gasteiger partial charge in [-0.1, -0.05) is 49.1 Å². The largest absolute Gasteiger partial charge is 0.481 e. The lowest BCUT2D eigenvalue weighted by molar-refractivity contribution is -0.137. The van der Waals surface area contributed by atoms with E-state index in [0.29, 0.717) is 9.23 Å². The molecule has 1 fully saturated rings. The summed E-state index contributed by atoms with van der Waals surface area (Å²) in [6, 6.07) is 8.09.